The number of nitrogens with one attached hydrogen (secondary N) is 1. The molecule has 1 fully saturated rings. The van der Waals surface area contributed by atoms with Crippen LogP contribution < -0.4 is 5.32 Å². The van der Waals surface area contributed by atoms with E-state index in [0.29, 0.717) is 16.5 Å². The summed E-state index contributed by atoms with van der Waals surface area (Å²) in [6.45, 7) is 2.11. The lowest BCUT2D eigenvalue weighted by atomic mass is 10.2. The van der Waals surface area contributed by atoms with Gasteiger partial charge in [-0.25, -0.2) is 17.7 Å². The number of hydrogen-bond acceptors (Lipinski definition) is 7. The average Bonchev–Trinajstić information content (AvgIpc) is 3.09. The summed E-state index contributed by atoms with van der Waals surface area (Å²) in [6.07, 6.45) is -0.0251. The quantitative estimate of drug-likeness (QED) is 0.563. The van der Waals surface area contributed by atoms with Gasteiger partial charge in [0.15, 0.2) is 5.17 Å². The lowest BCUT2D eigenvalue weighted by Gasteiger charge is -2.23. The fourth-order valence-corrected chi connectivity index (χ4v) is 5.54. The number of thioether (sulfide) groups is 1. The van der Waals surface area contributed by atoms with Crippen LogP contribution in [0.25, 0.3) is 0 Å². The van der Waals surface area contributed by atoms with E-state index in [1.807, 2.05) is 25.1 Å². The molecule has 0 aliphatic carbocycles. The van der Waals surface area contributed by atoms with Gasteiger partial charge in [0.25, 0.3) is 0 Å². The van der Waals surface area contributed by atoms with Gasteiger partial charge in [-0.1, -0.05) is 36.0 Å². The molecule has 2 atom stereocenters. The van der Waals surface area contributed by atoms with Crippen molar-refractivity contribution in [2.24, 2.45) is 4.99 Å². The number of carbonyl (C=O) groups is 2. The van der Waals surface area contributed by atoms with Crippen molar-refractivity contribution in [3.05, 3.63) is 54.6 Å². The molecule has 2 aromatic carbocycles. The molecule has 0 aromatic heterocycles. The van der Waals surface area contributed by atoms with Crippen molar-refractivity contribution in [2.45, 2.75) is 29.5 Å². The van der Waals surface area contributed by atoms with Crippen LogP contribution in [0.1, 0.15) is 13.3 Å². The molecule has 0 saturated carbocycles. The zero-order valence-corrected chi connectivity index (χ0v) is 21.1. The minimum Gasteiger partial charge on any atom is -0.383 e. The van der Waals surface area contributed by atoms with Gasteiger partial charge < -0.3 is 10.1 Å². The van der Waals surface area contributed by atoms with Crippen LogP contribution in [0.2, 0.25) is 0 Å². The molecule has 1 saturated heterocycles. The highest BCUT2D eigenvalue weighted by Crippen LogP contribution is 2.34. The Kier molecular flexibility index (Phi) is 8.47. The Morgan fingerprint density at radius 3 is 2.56 bits per heavy atom. The summed E-state index contributed by atoms with van der Waals surface area (Å²) in [6, 6.07) is 14.9. The molecule has 11 heteroatoms. The Morgan fingerprint density at radius 1 is 1.21 bits per heavy atom. The first kappa shape index (κ1) is 25.9. The van der Waals surface area contributed by atoms with Crippen LogP contribution in [0.5, 0.6) is 0 Å². The molecule has 1 N–H and O–H groups in total. The largest absolute Gasteiger partial charge is 0.383 e. The average molecular weight is 505 g/mol. The third-order valence-electron chi connectivity index (χ3n) is 5.06. The summed E-state index contributed by atoms with van der Waals surface area (Å²) < 4.78 is 31.4. The van der Waals surface area contributed by atoms with Crippen LogP contribution >= 0.6 is 11.8 Å². The summed E-state index contributed by atoms with van der Waals surface area (Å²) in [5.41, 5.74) is 1.04. The van der Waals surface area contributed by atoms with Crippen molar-refractivity contribution in [3.8, 4) is 0 Å². The normalized spacial score (nSPS) is 18.5. The molecule has 182 valence electrons. The molecule has 1 aliphatic heterocycles. The highest BCUT2D eigenvalue weighted by molar-refractivity contribution is 8.15. The van der Waals surface area contributed by atoms with Crippen molar-refractivity contribution < 1.29 is 22.7 Å². The Bertz CT molecular complexity index is 1170. The van der Waals surface area contributed by atoms with Crippen LogP contribution in [-0.4, -0.2) is 73.7 Å². The third kappa shape index (κ3) is 6.03. The van der Waals surface area contributed by atoms with Gasteiger partial charge >= 0.3 is 0 Å². The first-order valence-corrected chi connectivity index (χ1v) is 12.9. The summed E-state index contributed by atoms with van der Waals surface area (Å²) in [7, 11) is 0.822. The fourth-order valence-electron chi connectivity index (χ4n) is 3.35. The maximum atomic E-state index is 13.2. The minimum atomic E-state index is -3.63. The van der Waals surface area contributed by atoms with Gasteiger partial charge in [0.1, 0.15) is 5.25 Å². The molecule has 0 radical (unpaired) electrons. The maximum absolute atomic E-state index is 13.2. The van der Waals surface area contributed by atoms with Crippen LogP contribution in [-0.2, 0) is 24.3 Å². The number of rotatable bonds is 9. The van der Waals surface area contributed by atoms with Gasteiger partial charge in [-0.05, 0) is 37.3 Å². The van der Waals surface area contributed by atoms with Crippen LogP contribution in [0, 0.1) is 0 Å². The second-order valence-corrected chi connectivity index (χ2v) is 11.2. The van der Waals surface area contributed by atoms with Gasteiger partial charge in [-0.2, -0.15) is 0 Å². The van der Waals surface area contributed by atoms with E-state index in [1.54, 1.807) is 31.4 Å². The SMILES string of the molecule is COC[C@@H](C)N1C(=O)[C@H](CC(=O)Nc2ccccc2)SC1=Nc1cccc(S(=O)(=O)N(C)C)c1. The second-order valence-electron chi connectivity index (χ2n) is 7.92. The standard InChI is InChI=1S/C23H28N4O5S2/c1-16(15-32-4)27-22(29)20(14-21(28)24-17-9-6-5-7-10-17)33-23(27)25-18-11-8-12-19(13-18)34(30,31)26(2)3/h5-13,16,20H,14-15H2,1-4H3,(H,24,28)/t16-,20+/m1/s1. The fraction of sp³-hybridized carbons (Fsp3) is 0.348. The number of para-hydroxylation sites is 1. The molecular weight excluding hydrogens is 476 g/mol. The third-order valence-corrected chi connectivity index (χ3v) is 8.03. The number of sulfonamides is 1. The summed E-state index contributed by atoms with van der Waals surface area (Å²) in [4.78, 5) is 32.0. The van der Waals surface area contributed by atoms with Gasteiger partial charge in [-0.3, -0.25) is 14.5 Å². The van der Waals surface area contributed by atoms with Gasteiger partial charge in [0.2, 0.25) is 21.8 Å². The number of nitrogens with zero attached hydrogens (tertiary/aromatic N) is 3. The molecule has 2 amide bonds. The minimum absolute atomic E-state index is 0.0251. The predicted molar refractivity (Wildman–Crippen MR) is 134 cm³/mol. The second kappa shape index (κ2) is 11.1. The van der Waals surface area contributed by atoms with E-state index in [-0.39, 0.29) is 35.8 Å². The molecule has 2 aromatic rings. The van der Waals surface area contributed by atoms with Crippen molar-refractivity contribution in [1.29, 1.82) is 0 Å². The molecule has 9 nitrogen and oxygen atoms in total. The molecule has 0 spiro atoms. The van der Waals surface area contributed by atoms with Gasteiger partial charge in [0.05, 0.1) is 23.2 Å². The highest BCUT2D eigenvalue weighted by Gasteiger charge is 2.41. The highest BCUT2D eigenvalue weighted by atomic mass is 32.2. The molecule has 0 unspecified atom stereocenters. The monoisotopic (exact) mass is 504 g/mol. The van der Waals surface area contributed by atoms with Crippen molar-refractivity contribution in [2.75, 3.05) is 33.1 Å². The van der Waals surface area contributed by atoms with E-state index in [2.05, 4.69) is 10.3 Å². The number of aliphatic imine (C=N–C) groups is 1. The van der Waals surface area contributed by atoms with Crippen molar-refractivity contribution >= 4 is 50.1 Å². The number of ether oxygens (including phenoxy) is 1. The summed E-state index contributed by atoms with van der Waals surface area (Å²) >= 11 is 1.18. The summed E-state index contributed by atoms with van der Waals surface area (Å²) in [5.74, 6) is -0.523. The van der Waals surface area contributed by atoms with Crippen LogP contribution in [0.4, 0.5) is 11.4 Å². The van der Waals surface area contributed by atoms with Gasteiger partial charge in [-0.15, -0.1) is 0 Å². The Hall–Kier alpha value is -2.73. The number of amidine groups is 1. The smallest absolute Gasteiger partial charge is 0.243 e. The Balaban J connectivity index is 1.87. The van der Waals surface area contributed by atoms with Crippen LogP contribution in [0.15, 0.2) is 64.5 Å². The number of amides is 2. The van der Waals surface area contributed by atoms with Crippen LogP contribution in [0.3, 0.4) is 0 Å². The Morgan fingerprint density at radius 2 is 1.91 bits per heavy atom. The molecule has 0 bridgehead atoms. The first-order chi connectivity index (χ1) is 16.1. The van der Waals surface area contributed by atoms with E-state index in [9.17, 15) is 18.0 Å². The zero-order valence-electron chi connectivity index (χ0n) is 19.5. The summed E-state index contributed by atoms with van der Waals surface area (Å²) in [5, 5.41) is 2.54. The van der Waals surface area contributed by atoms with E-state index in [4.69, 9.17) is 4.74 Å². The maximum Gasteiger partial charge on any atom is 0.243 e. The van der Waals surface area contributed by atoms with Gasteiger partial charge in [0, 0.05) is 33.3 Å². The lowest BCUT2D eigenvalue weighted by molar-refractivity contribution is -0.130. The number of methoxy groups -OCH3 is 1. The number of carbonyl (C=O) groups excluding carboxylic acids is 2. The van der Waals surface area contributed by atoms with E-state index < -0.39 is 15.3 Å². The Labute approximate surface area is 204 Å². The number of hydrogen-bond donors (Lipinski definition) is 1. The molecule has 1 aliphatic rings. The van der Waals surface area contributed by atoms with Crippen molar-refractivity contribution in [1.82, 2.24) is 9.21 Å². The molecule has 3 rings (SSSR count). The molecule has 34 heavy (non-hydrogen) atoms. The lowest BCUT2D eigenvalue weighted by Crippen LogP contribution is -2.42. The van der Waals surface area contributed by atoms with E-state index >= 15 is 0 Å². The van der Waals surface area contributed by atoms with E-state index in [1.165, 1.54) is 42.9 Å². The zero-order chi connectivity index (χ0) is 24.9. The number of anilines is 1. The van der Waals surface area contributed by atoms with Crippen molar-refractivity contribution in [3.63, 3.8) is 0 Å². The molecular formula is C23H28N4O5S2. The van der Waals surface area contributed by atoms with E-state index in [0.717, 1.165) is 4.31 Å². The topological polar surface area (TPSA) is 108 Å². The molecule has 1 heterocycles. The first-order valence-electron chi connectivity index (χ1n) is 10.6. The number of benzene rings is 2. The predicted octanol–water partition coefficient (Wildman–Crippen LogP) is 2.93.